The first-order valence-corrected chi connectivity index (χ1v) is 5.08. The van der Waals surface area contributed by atoms with E-state index in [1.54, 1.807) is 0 Å². The van der Waals surface area contributed by atoms with Crippen molar-refractivity contribution < 1.29 is 19.4 Å². The number of halogens is 3. The average Bonchev–Trinajstić information content (AvgIpc) is 2.12. The van der Waals surface area contributed by atoms with E-state index >= 15 is 0 Å². The van der Waals surface area contributed by atoms with Crippen LogP contribution in [0.3, 0.4) is 0 Å². The van der Waals surface area contributed by atoms with Crippen LogP contribution in [0.5, 0.6) is 0 Å². The summed E-state index contributed by atoms with van der Waals surface area (Å²) in [4.78, 5) is 10.5. The van der Waals surface area contributed by atoms with E-state index in [1.165, 1.54) is 6.07 Å². The van der Waals surface area contributed by atoms with Gasteiger partial charge in [0.1, 0.15) is 5.82 Å². The second-order valence-corrected chi connectivity index (χ2v) is 4.14. The Balaban J connectivity index is 3.32. The fourth-order valence-corrected chi connectivity index (χ4v) is 2.29. The van der Waals surface area contributed by atoms with Crippen molar-refractivity contribution in [1.82, 2.24) is 0 Å². The van der Waals surface area contributed by atoms with Gasteiger partial charge in [-0.3, -0.25) is 0 Å². The first-order valence-electron chi connectivity index (χ1n) is 3.49. The molecule has 1 aromatic carbocycles. The Morgan fingerprint density at radius 1 is 1.43 bits per heavy atom. The fourth-order valence-electron chi connectivity index (χ4n) is 0.917. The van der Waals surface area contributed by atoms with Crippen molar-refractivity contribution in [1.29, 1.82) is 0 Å². The van der Waals surface area contributed by atoms with Crippen LogP contribution in [-0.4, -0.2) is 16.2 Å². The Hall–Kier alpha value is -0.460. The van der Waals surface area contributed by atoms with Crippen molar-refractivity contribution in [2.24, 2.45) is 0 Å². The number of hydrogen-bond acceptors (Lipinski definition) is 2. The number of rotatable bonds is 2. The van der Waals surface area contributed by atoms with Crippen LogP contribution in [0.15, 0.2) is 21.1 Å². The van der Waals surface area contributed by atoms with Crippen molar-refractivity contribution in [2.45, 2.75) is 6.10 Å². The molecule has 1 aromatic rings. The monoisotopic (exact) mass is 326 g/mol. The smallest absolute Gasteiger partial charge is 0.337 e. The molecule has 0 aromatic heterocycles. The third kappa shape index (κ3) is 2.13. The van der Waals surface area contributed by atoms with Gasteiger partial charge in [-0.2, -0.15) is 0 Å². The fraction of sp³-hybridized carbons (Fsp3) is 0.125. The molecule has 0 radical (unpaired) electrons. The number of aliphatic hydroxyl groups excluding tert-OH is 1. The Kier molecular flexibility index (Phi) is 3.63. The third-order valence-corrected chi connectivity index (χ3v) is 3.08. The molecule has 1 unspecified atom stereocenters. The lowest BCUT2D eigenvalue weighted by Crippen LogP contribution is -2.12. The molecule has 0 fully saturated rings. The second kappa shape index (κ2) is 4.37. The molecule has 1 atom stereocenters. The van der Waals surface area contributed by atoms with E-state index in [9.17, 15) is 14.3 Å². The number of carboxylic acid groups (broad SMARTS) is 1. The summed E-state index contributed by atoms with van der Waals surface area (Å²) in [6, 6.07) is 2.49. The van der Waals surface area contributed by atoms with E-state index in [0.29, 0.717) is 4.47 Å². The summed E-state index contributed by atoms with van der Waals surface area (Å²) >= 11 is 5.90. The van der Waals surface area contributed by atoms with Crippen LogP contribution in [0, 0.1) is 5.82 Å². The van der Waals surface area contributed by atoms with Crippen LogP contribution in [0.2, 0.25) is 0 Å². The standard InChI is InChI=1S/C8H5Br2FO3/c9-3-1-2-4(11)6(10)5(3)7(12)8(13)14/h1-2,7,12H,(H,13,14). The molecule has 0 spiro atoms. The zero-order chi connectivity index (χ0) is 10.9. The molecule has 0 aliphatic carbocycles. The van der Waals surface area contributed by atoms with Crippen LogP contribution < -0.4 is 0 Å². The topological polar surface area (TPSA) is 57.5 Å². The highest BCUT2D eigenvalue weighted by Crippen LogP contribution is 2.32. The van der Waals surface area contributed by atoms with Gasteiger partial charge in [-0.1, -0.05) is 15.9 Å². The summed E-state index contributed by atoms with van der Waals surface area (Å²) in [5, 5.41) is 17.8. The summed E-state index contributed by atoms with van der Waals surface area (Å²) < 4.78 is 13.3. The quantitative estimate of drug-likeness (QED) is 0.820. The van der Waals surface area contributed by atoms with Gasteiger partial charge in [0.05, 0.1) is 4.47 Å². The molecule has 14 heavy (non-hydrogen) atoms. The maximum atomic E-state index is 13.0. The van der Waals surface area contributed by atoms with Crippen LogP contribution in [0.4, 0.5) is 4.39 Å². The van der Waals surface area contributed by atoms with E-state index in [0.717, 1.165) is 6.07 Å². The van der Waals surface area contributed by atoms with Crippen LogP contribution in [0.1, 0.15) is 11.7 Å². The van der Waals surface area contributed by atoms with Gasteiger partial charge in [-0.15, -0.1) is 0 Å². The van der Waals surface area contributed by atoms with E-state index < -0.39 is 17.9 Å². The number of benzene rings is 1. The number of aliphatic hydroxyl groups is 1. The van der Waals surface area contributed by atoms with Gasteiger partial charge in [0, 0.05) is 10.0 Å². The second-order valence-electron chi connectivity index (χ2n) is 2.50. The normalized spacial score (nSPS) is 12.6. The van der Waals surface area contributed by atoms with Gasteiger partial charge < -0.3 is 10.2 Å². The highest BCUT2D eigenvalue weighted by molar-refractivity contribution is 9.11. The molecule has 3 nitrogen and oxygen atoms in total. The number of carboxylic acids is 1. The predicted molar refractivity (Wildman–Crippen MR) is 54.4 cm³/mol. The minimum absolute atomic E-state index is 0.0301. The largest absolute Gasteiger partial charge is 0.479 e. The first-order chi connectivity index (χ1) is 6.45. The molecule has 0 aliphatic rings. The number of hydrogen-bond donors (Lipinski definition) is 2. The SMILES string of the molecule is O=C(O)C(O)c1c(Br)ccc(F)c1Br. The first kappa shape index (κ1) is 11.6. The molecular formula is C8H5Br2FO3. The lowest BCUT2D eigenvalue weighted by atomic mass is 10.1. The highest BCUT2D eigenvalue weighted by Gasteiger charge is 2.23. The van der Waals surface area contributed by atoms with Crippen LogP contribution >= 0.6 is 31.9 Å². The van der Waals surface area contributed by atoms with Gasteiger partial charge in [-0.25, -0.2) is 9.18 Å². The lowest BCUT2D eigenvalue weighted by Gasteiger charge is -2.10. The summed E-state index contributed by atoms with van der Waals surface area (Å²) in [5.41, 5.74) is -0.0301. The summed E-state index contributed by atoms with van der Waals surface area (Å²) in [6.07, 6.45) is -1.76. The van der Waals surface area contributed by atoms with Crippen molar-refractivity contribution in [3.8, 4) is 0 Å². The van der Waals surface area contributed by atoms with Gasteiger partial charge in [0.15, 0.2) is 6.10 Å². The molecule has 0 saturated carbocycles. The Bertz CT molecular complexity index is 381. The maximum Gasteiger partial charge on any atom is 0.337 e. The Labute approximate surface area is 95.8 Å². The van der Waals surface area contributed by atoms with Gasteiger partial charge >= 0.3 is 5.97 Å². The number of carbonyl (C=O) groups is 1. The molecule has 2 N–H and O–H groups in total. The van der Waals surface area contributed by atoms with E-state index in [-0.39, 0.29) is 10.0 Å². The molecule has 0 amide bonds. The van der Waals surface area contributed by atoms with E-state index in [4.69, 9.17) is 5.11 Å². The molecule has 6 heteroatoms. The molecule has 1 rings (SSSR count). The molecule has 0 heterocycles. The van der Waals surface area contributed by atoms with Crippen molar-refractivity contribution in [3.05, 3.63) is 32.5 Å². The minimum atomic E-state index is -1.76. The van der Waals surface area contributed by atoms with Crippen molar-refractivity contribution >= 4 is 37.8 Å². The predicted octanol–water partition coefficient (Wildman–Crippen LogP) is 2.47. The van der Waals surface area contributed by atoms with E-state index in [1.807, 2.05) is 0 Å². The zero-order valence-electron chi connectivity index (χ0n) is 6.67. The van der Waals surface area contributed by atoms with Gasteiger partial charge in [0.2, 0.25) is 0 Å². The Morgan fingerprint density at radius 3 is 2.50 bits per heavy atom. The molecule has 0 saturated heterocycles. The molecule has 0 bridgehead atoms. The lowest BCUT2D eigenvalue weighted by molar-refractivity contribution is -0.147. The minimum Gasteiger partial charge on any atom is -0.479 e. The summed E-state index contributed by atoms with van der Waals surface area (Å²) in [6.45, 7) is 0. The van der Waals surface area contributed by atoms with Crippen molar-refractivity contribution in [2.75, 3.05) is 0 Å². The molecule has 0 aliphatic heterocycles. The van der Waals surface area contributed by atoms with Gasteiger partial charge in [0.25, 0.3) is 0 Å². The van der Waals surface area contributed by atoms with Crippen LogP contribution in [0.25, 0.3) is 0 Å². The van der Waals surface area contributed by atoms with Crippen molar-refractivity contribution in [3.63, 3.8) is 0 Å². The highest BCUT2D eigenvalue weighted by atomic mass is 79.9. The zero-order valence-corrected chi connectivity index (χ0v) is 9.84. The molecule has 76 valence electrons. The van der Waals surface area contributed by atoms with E-state index in [2.05, 4.69) is 31.9 Å². The molecular weight excluding hydrogens is 323 g/mol. The summed E-state index contributed by atoms with van der Waals surface area (Å²) in [7, 11) is 0. The maximum absolute atomic E-state index is 13.0. The Morgan fingerprint density at radius 2 is 2.00 bits per heavy atom. The third-order valence-electron chi connectivity index (χ3n) is 1.59. The average molecular weight is 328 g/mol. The van der Waals surface area contributed by atoms with Gasteiger partial charge in [-0.05, 0) is 28.1 Å². The summed E-state index contributed by atoms with van der Waals surface area (Å²) in [5.74, 6) is -2.06. The number of aliphatic carboxylic acids is 1. The van der Waals surface area contributed by atoms with Crippen LogP contribution in [-0.2, 0) is 4.79 Å².